The number of nitrogens with two attached hydrogens (primary N) is 1. The quantitative estimate of drug-likeness (QED) is 0.811. The van der Waals surface area contributed by atoms with Crippen LogP contribution in [0.5, 0.6) is 0 Å². The topological polar surface area (TPSA) is 49.6 Å². The summed E-state index contributed by atoms with van der Waals surface area (Å²) in [6, 6.07) is 3.41. The summed E-state index contributed by atoms with van der Waals surface area (Å²) >= 11 is 12.5. The van der Waals surface area contributed by atoms with Gasteiger partial charge < -0.3 is 15.5 Å². The predicted octanol–water partition coefficient (Wildman–Crippen LogP) is 2.63. The lowest BCUT2D eigenvalue weighted by Crippen LogP contribution is -2.33. The Morgan fingerprint density at radius 1 is 1.16 bits per heavy atom. The Morgan fingerprint density at radius 2 is 1.79 bits per heavy atom. The van der Waals surface area contributed by atoms with Gasteiger partial charge in [0.25, 0.3) is 0 Å². The average molecular weight is 302 g/mol. The Balaban J connectivity index is 2.21. The summed E-state index contributed by atoms with van der Waals surface area (Å²) in [4.78, 5) is 15.4. The molecule has 2 N–H and O–H groups in total. The van der Waals surface area contributed by atoms with Gasteiger partial charge in [-0.1, -0.05) is 23.2 Å². The standard InChI is InChI=1S/C13H17Cl2N3O/c1-9(19)17-3-2-4-18(6-5-17)13-11(14)7-10(16)8-12(13)15/h7-8H,2-6,16H2,1H3. The number of nitrogens with zero attached hydrogens (tertiary/aromatic N) is 2. The highest BCUT2D eigenvalue weighted by Gasteiger charge is 2.20. The second-order valence-corrected chi connectivity index (χ2v) is 5.49. The normalized spacial score (nSPS) is 16.4. The minimum absolute atomic E-state index is 0.108. The molecule has 0 radical (unpaired) electrons. The molecule has 0 spiro atoms. The molecule has 0 bridgehead atoms. The van der Waals surface area contributed by atoms with Crippen LogP contribution in [0.15, 0.2) is 12.1 Å². The highest BCUT2D eigenvalue weighted by molar-refractivity contribution is 6.39. The third-order valence-electron chi connectivity index (χ3n) is 3.30. The van der Waals surface area contributed by atoms with E-state index < -0.39 is 0 Å². The Bertz CT molecular complexity index is 470. The number of anilines is 2. The molecule has 1 fully saturated rings. The third-order valence-corrected chi connectivity index (χ3v) is 3.87. The van der Waals surface area contributed by atoms with Crippen molar-refractivity contribution >= 4 is 40.5 Å². The average Bonchev–Trinajstić information content (AvgIpc) is 2.53. The van der Waals surface area contributed by atoms with Crippen LogP contribution in [0.3, 0.4) is 0 Å². The SMILES string of the molecule is CC(=O)N1CCCN(c2c(Cl)cc(N)cc2Cl)CC1. The van der Waals surface area contributed by atoms with Crippen LogP contribution in [0.2, 0.25) is 10.0 Å². The molecule has 1 heterocycles. The molecule has 1 aliphatic heterocycles. The van der Waals surface area contributed by atoms with Crippen molar-refractivity contribution in [1.82, 2.24) is 4.90 Å². The highest BCUT2D eigenvalue weighted by Crippen LogP contribution is 2.36. The first-order chi connectivity index (χ1) is 8.99. The van der Waals surface area contributed by atoms with Crippen LogP contribution in [-0.4, -0.2) is 37.0 Å². The van der Waals surface area contributed by atoms with Crippen molar-refractivity contribution in [3.8, 4) is 0 Å². The van der Waals surface area contributed by atoms with Crippen LogP contribution >= 0.6 is 23.2 Å². The van der Waals surface area contributed by atoms with E-state index in [0.29, 0.717) is 22.3 Å². The van der Waals surface area contributed by atoms with E-state index in [4.69, 9.17) is 28.9 Å². The number of halogens is 2. The lowest BCUT2D eigenvalue weighted by Gasteiger charge is -2.25. The van der Waals surface area contributed by atoms with E-state index in [0.717, 1.165) is 31.7 Å². The Labute approximate surface area is 123 Å². The van der Waals surface area contributed by atoms with E-state index in [1.165, 1.54) is 0 Å². The van der Waals surface area contributed by atoms with Crippen LogP contribution in [0.25, 0.3) is 0 Å². The van der Waals surface area contributed by atoms with Crippen molar-refractivity contribution in [2.75, 3.05) is 36.8 Å². The lowest BCUT2D eigenvalue weighted by atomic mass is 10.2. The molecule has 1 amide bonds. The highest BCUT2D eigenvalue weighted by atomic mass is 35.5. The molecule has 0 saturated carbocycles. The predicted molar refractivity (Wildman–Crippen MR) is 80.0 cm³/mol. The zero-order chi connectivity index (χ0) is 14.0. The molecule has 19 heavy (non-hydrogen) atoms. The fourth-order valence-corrected chi connectivity index (χ4v) is 3.09. The van der Waals surface area contributed by atoms with Gasteiger partial charge in [0.1, 0.15) is 0 Å². The van der Waals surface area contributed by atoms with Gasteiger partial charge in [-0.05, 0) is 18.6 Å². The zero-order valence-corrected chi connectivity index (χ0v) is 12.3. The van der Waals surface area contributed by atoms with Crippen molar-refractivity contribution in [2.24, 2.45) is 0 Å². The van der Waals surface area contributed by atoms with Gasteiger partial charge in [0, 0.05) is 38.8 Å². The maximum absolute atomic E-state index is 11.4. The maximum atomic E-state index is 11.4. The molecule has 6 heteroatoms. The molecule has 0 atom stereocenters. The van der Waals surface area contributed by atoms with Gasteiger partial charge in [-0.15, -0.1) is 0 Å². The first kappa shape index (κ1) is 14.3. The molecule has 0 aliphatic carbocycles. The Kier molecular flexibility index (Phi) is 4.42. The smallest absolute Gasteiger partial charge is 0.219 e. The van der Waals surface area contributed by atoms with Crippen LogP contribution in [0.4, 0.5) is 11.4 Å². The van der Waals surface area contributed by atoms with Crippen LogP contribution < -0.4 is 10.6 Å². The van der Waals surface area contributed by atoms with E-state index in [9.17, 15) is 4.79 Å². The number of carbonyl (C=O) groups excluding carboxylic acids is 1. The maximum Gasteiger partial charge on any atom is 0.219 e. The number of benzene rings is 1. The van der Waals surface area contributed by atoms with E-state index >= 15 is 0 Å². The van der Waals surface area contributed by atoms with E-state index in [1.807, 2.05) is 4.90 Å². The summed E-state index contributed by atoms with van der Waals surface area (Å²) in [6.07, 6.45) is 0.899. The van der Waals surface area contributed by atoms with Crippen molar-refractivity contribution in [2.45, 2.75) is 13.3 Å². The van der Waals surface area contributed by atoms with Crippen molar-refractivity contribution in [1.29, 1.82) is 0 Å². The molecule has 0 aromatic heterocycles. The molecule has 0 unspecified atom stereocenters. The van der Waals surface area contributed by atoms with Gasteiger partial charge in [0.2, 0.25) is 5.91 Å². The summed E-state index contributed by atoms with van der Waals surface area (Å²) in [5.74, 6) is 0.108. The molecule has 2 rings (SSSR count). The molecule has 4 nitrogen and oxygen atoms in total. The summed E-state index contributed by atoms with van der Waals surface area (Å²) in [7, 11) is 0. The molecule has 1 saturated heterocycles. The van der Waals surface area contributed by atoms with Gasteiger partial charge in [-0.3, -0.25) is 4.79 Å². The second kappa shape index (κ2) is 5.88. The number of nitrogen functional groups attached to an aromatic ring is 1. The van der Waals surface area contributed by atoms with Crippen molar-refractivity contribution in [3.63, 3.8) is 0 Å². The Morgan fingerprint density at radius 3 is 2.37 bits per heavy atom. The third kappa shape index (κ3) is 3.25. The molecule has 1 aromatic carbocycles. The van der Waals surface area contributed by atoms with Crippen LogP contribution in [0, 0.1) is 0 Å². The minimum atomic E-state index is 0.108. The fraction of sp³-hybridized carbons (Fsp3) is 0.462. The van der Waals surface area contributed by atoms with Gasteiger partial charge in [-0.25, -0.2) is 0 Å². The molecule has 104 valence electrons. The lowest BCUT2D eigenvalue weighted by molar-refractivity contribution is -0.128. The number of rotatable bonds is 1. The minimum Gasteiger partial charge on any atom is -0.399 e. The number of hydrogen-bond donors (Lipinski definition) is 1. The van der Waals surface area contributed by atoms with Crippen LogP contribution in [-0.2, 0) is 4.79 Å². The molecule has 1 aliphatic rings. The van der Waals surface area contributed by atoms with Crippen LogP contribution in [0.1, 0.15) is 13.3 Å². The zero-order valence-electron chi connectivity index (χ0n) is 10.8. The molecular formula is C13H17Cl2N3O. The van der Waals surface area contributed by atoms with E-state index in [1.54, 1.807) is 19.1 Å². The summed E-state index contributed by atoms with van der Waals surface area (Å²) in [5.41, 5.74) is 7.07. The summed E-state index contributed by atoms with van der Waals surface area (Å²) in [5, 5.41) is 1.11. The largest absolute Gasteiger partial charge is 0.399 e. The second-order valence-electron chi connectivity index (χ2n) is 4.68. The molecule has 1 aromatic rings. The number of amides is 1. The van der Waals surface area contributed by atoms with Crippen molar-refractivity contribution in [3.05, 3.63) is 22.2 Å². The Hall–Kier alpha value is -1.13. The van der Waals surface area contributed by atoms with Gasteiger partial charge in [-0.2, -0.15) is 0 Å². The van der Waals surface area contributed by atoms with Gasteiger partial charge in [0.15, 0.2) is 0 Å². The van der Waals surface area contributed by atoms with Gasteiger partial charge in [0.05, 0.1) is 15.7 Å². The van der Waals surface area contributed by atoms with E-state index in [-0.39, 0.29) is 5.91 Å². The van der Waals surface area contributed by atoms with Gasteiger partial charge >= 0.3 is 0 Å². The van der Waals surface area contributed by atoms with Crippen molar-refractivity contribution < 1.29 is 4.79 Å². The summed E-state index contributed by atoms with van der Waals surface area (Å²) < 4.78 is 0. The monoisotopic (exact) mass is 301 g/mol. The summed E-state index contributed by atoms with van der Waals surface area (Å²) in [6.45, 7) is 4.61. The first-order valence-electron chi connectivity index (χ1n) is 6.24. The number of carbonyl (C=O) groups is 1. The number of hydrogen-bond acceptors (Lipinski definition) is 3. The fourth-order valence-electron chi connectivity index (χ4n) is 2.34. The molecular weight excluding hydrogens is 285 g/mol. The first-order valence-corrected chi connectivity index (χ1v) is 6.99. The van der Waals surface area contributed by atoms with E-state index in [2.05, 4.69) is 4.90 Å².